The molecule has 1 aliphatic rings. The van der Waals surface area contributed by atoms with E-state index in [1.165, 1.54) is 19.3 Å². The van der Waals surface area contributed by atoms with Crippen molar-refractivity contribution in [2.45, 2.75) is 26.2 Å². The van der Waals surface area contributed by atoms with E-state index in [1.807, 2.05) is 36.7 Å². The normalized spacial score (nSPS) is 16.1. The molecule has 3 rings (SSSR count). The minimum atomic E-state index is 0.0267. The third-order valence-corrected chi connectivity index (χ3v) is 3.77. The van der Waals surface area contributed by atoms with Crippen LogP contribution in [0.5, 0.6) is 0 Å². The van der Waals surface area contributed by atoms with Crippen LogP contribution < -0.4 is 0 Å². The van der Waals surface area contributed by atoms with Crippen LogP contribution in [-0.4, -0.2) is 34.8 Å². The minimum absolute atomic E-state index is 0.0267. The number of para-hydroxylation sites is 1. The molecule has 1 aromatic heterocycles. The van der Waals surface area contributed by atoms with E-state index in [2.05, 4.69) is 10.1 Å². The highest BCUT2D eigenvalue weighted by molar-refractivity contribution is 6.03. The number of nitrogens with zero attached hydrogens (tertiary/aromatic N) is 3. The number of hydrogen-bond acceptors (Lipinski definition) is 3. The first-order chi connectivity index (χ1) is 9.75. The Kier molecular flexibility index (Phi) is 3.54. The number of rotatable bonds is 2. The monoisotopic (exact) mass is 269 g/mol. The highest BCUT2D eigenvalue weighted by atomic mass is 16.1. The van der Waals surface area contributed by atoms with Crippen LogP contribution in [-0.2, 0) is 0 Å². The second kappa shape index (κ2) is 5.49. The second-order valence-corrected chi connectivity index (χ2v) is 5.25. The molecule has 4 heteroatoms. The molecule has 2 aromatic rings. The van der Waals surface area contributed by atoms with Gasteiger partial charge in [0.25, 0.3) is 0 Å². The van der Waals surface area contributed by atoms with E-state index < -0.39 is 0 Å². The fourth-order valence-corrected chi connectivity index (χ4v) is 2.71. The molecule has 0 saturated carbocycles. The minimum Gasteiger partial charge on any atom is -0.297 e. The predicted octanol–water partition coefficient (Wildman–Crippen LogP) is 3.12. The van der Waals surface area contributed by atoms with E-state index in [-0.39, 0.29) is 5.91 Å². The summed E-state index contributed by atoms with van der Waals surface area (Å²) in [4.78, 5) is 11.7. The highest BCUT2D eigenvalue weighted by Gasteiger charge is 2.10. The first kappa shape index (κ1) is 12.9. The van der Waals surface area contributed by atoms with Crippen LogP contribution in [0.1, 0.15) is 36.5 Å². The Balaban J connectivity index is 1.94. The van der Waals surface area contributed by atoms with Crippen molar-refractivity contribution in [2.75, 3.05) is 13.1 Å². The Labute approximate surface area is 118 Å². The predicted molar refractivity (Wildman–Crippen MR) is 81.3 cm³/mol. The van der Waals surface area contributed by atoms with E-state index in [4.69, 9.17) is 0 Å². The molecule has 0 amide bonds. The van der Waals surface area contributed by atoms with Crippen molar-refractivity contribution in [3.05, 3.63) is 36.0 Å². The highest BCUT2D eigenvalue weighted by Crippen LogP contribution is 2.20. The summed E-state index contributed by atoms with van der Waals surface area (Å²) in [6, 6.07) is 7.94. The smallest absolute Gasteiger partial charge is 0.227 e. The topological polar surface area (TPSA) is 37.6 Å². The third kappa shape index (κ3) is 2.46. The van der Waals surface area contributed by atoms with Crippen molar-refractivity contribution >= 4 is 23.0 Å². The molecule has 1 aliphatic heterocycles. The standard InChI is InChI=1S/C16H19N3O/c1-13(20)19-12-14(15-7-3-4-8-16(15)19)11-17-18-9-5-2-6-10-18/h3-4,7-8,11-12H,2,5-6,9-10H2,1H3/b17-11+. The fourth-order valence-electron chi connectivity index (χ4n) is 2.71. The molecule has 1 saturated heterocycles. The molecule has 0 atom stereocenters. The van der Waals surface area contributed by atoms with Gasteiger partial charge in [0, 0.05) is 37.2 Å². The zero-order chi connectivity index (χ0) is 13.9. The molecule has 0 aliphatic carbocycles. The Morgan fingerprint density at radius 2 is 1.95 bits per heavy atom. The van der Waals surface area contributed by atoms with Crippen LogP contribution in [0, 0.1) is 0 Å². The molecule has 0 N–H and O–H groups in total. The Morgan fingerprint density at radius 1 is 1.20 bits per heavy atom. The van der Waals surface area contributed by atoms with Gasteiger partial charge in [0.2, 0.25) is 5.91 Å². The number of fused-ring (bicyclic) bond motifs is 1. The van der Waals surface area contributed by atoms with Crippen LogP contribution in [0.3, 0.4) is 0 Å². The Hall–Kier alpha value is -2.10. The molecule has 0 bridgehead atoms. The molecular weight excluding hydrogens is 250 g/mol. The van der Waals surface area contributed by atoms with E-state index in [0.29, 0.717) is 0 Å². The first-order valence-electron chi connectivity index (χ1n) is 7.15. The van der Waals surface area contributed by atoms with Gasteiger partial charge in [-0.1, -0.05) is 18.2 Å². The maximum absolute atomic E-state index is 11.7. The van der Waals surface area contributed by atoms with Gasteiger partial charge in [-0.25, -0.2) is 0 Å². The maximum Gasteiger partial charge on any atom is 0.227 e. The number of carbonyl (C=O) groups is 1. The molecule has 4 nitrogen and oxygen atoms in total. The summed E-state index contributed by atoms with van der Waals surface area (Å²) in [5.41, 5.74) is 1.95. The van der Waals surface area contributed by atoms with Crippen LogP contribution in [0.25, 0.3) is 10.9 Å². The van der Waals surface area contributed by atoms with E-state index in [1.54, 1.807) is 11.5 Å². The van der Waals surface area contributed by atoms with Gasteiger partial charge in [-0.2, -0.15) is 5.10 Å². The van der Waals surface area contributed by atoms with Crippen molar-refractivity contribution in [1.82, 2.24) is 9.58 Å². The number of benzene rings is 1. The summed E-state index contributed by atoms with van der Waals surface area (Å²) >= 11 is 0. The van der Waals surface area contributed by atoms with Crippen LogP contribution in [0.15, 0.2) is 35.6 Å². The quantitative estimate of drug-likeness (QED) is 0.786. The van der Waals surface area contributed by atoms with Crippen LogP contribution >= 0.6 is 0 Å². The lowest BCUT2D eigenvalue weighted by Gasteiger charge is -2.23. The molecule has 0 spiro atoms. The van der Waals surface area contributed by atoms with Crippen molar-refractivity contribution in [3.8, 4) is 0 Å². The lowest BCUT2D eigenvalue weighted by molar-refractivity contribution is 0.0941. The SMILES string of the molecule is CC(=O)n1cc(/C=N/N2CCCCC2)c2ccccc21. The molecule has 20 heavy (non-hydrogen) atoms. The van der Waals surface area contributed by atoms with Crippen LogP contribution in [0.4, 0.5) is 0 Å². The number of hydrazone groups is 1. The van der Waals surface area contributed by atoms with Crippen LogP contribution in [0.2, 0.25) is 0 Å². The van der Waals surface area contributed by atoms with E-state index in [9.17, 15) is 4.79 Å². The maximum atomic E-state index is 11.7. The van der Waals surface area contributed by atoms with Gasteiger partial charge in [0.05, 0.1) is 11.7 Å². The van der Waals surface area contributed by atoms with Gasteiger partial charge < -0.3 is 0 Å². The first-order valence-corrected chi connectivity index (χ1v) is 7.15. The molecule has 1 aromatic carbocycles. The summed E-state index contributed by atoms with van der Waals surface area (Å²) in [6.07, 6.45) is 7.49. The van der Waals surface area contributed by atoms with Crippen molar-refractivity contribution in [3.63, 3.8) is 0 Å². The fraction of sp³-hybridized carbons (Fsp3) is 0.375. The van der Waals surface area contributed by atoms with Gasteiger partial charge >= 0.3 is 0 Å². The molecule has 104 valence electrons. The largest absolute Gasteiger partial charge is 0.297 e. The lowest BCUT2D eigenvalue weighted by atomic mass is 10.2. The lowest BCUT2D eigenvalue weighted by Crippen LogP contribution is -2.24. The second-order valence-electron chi connectivity index (χ2n) is 5.25. The van der Waals surface area contributed by atoms with E-state index >= 15 is 0 Å². The van der Waals surface area contributed by atoms with Gasteiger partial charge in [0.1, 0.15) is 0 Å². The van der Waals surface area contributed by atoms with Crippen molar-refractivity contribution in [2.24, 2.45) is 5.10 Å². The number of aromatic nitrogens is 1. The average molecular weight is 269 g/mol. The van der Waals surface area contributed by atoms with Gasteiger partial charge in [-0.15, -0.1) is 0 Å². The van der Waals surface area contributed by atoms with E-state index in [0.717, 1.165) is 29.6 Å². The molecule has 0 unspecified atom stereocenters. The molecule has 0 radical (unpaired) electrons. The molecule has 2 heterocycles. The third-order valence-electron chi connectivity index (χ3n) is 3.77. The summed E-state index contributed by atoms with van der Waals surface area (Å²) in [5, 5.41) is 7.75. The number of piperidine rings is 1. The van der Waals surface area contributed by atoms with Crippen molar-refractivity contribution in [1.29, 1.82) is 0 Å². The number of carbonyl (C=O) groups excluding carboxylic acids is 1. The zero-order valence-corrected chi connectivity index (χ0v) is 11.7. The molecular formula is C16H19N3O. The number of hydrogen-bond donors (Lipinski definition) is 0. The van der Waals surface area contributed by atoms with Gasteiger partial charge in [0.15, 0.2) is 0 Å². The van der Waals surface area contributed by atoms with Gasteiger partial charge in [-0.3, -0.25) is 14.4 Å². The Bertz CT molecular complexity index is 651. The van der Waals surface area contributed by atoms with Gasteiger partial charge in [-0.05, 0) is 25.3 Å². The summed E-state index contributed by atoms with van der Waals surface area (Å²) in [7, 11) is 0. The zero-order valence-electron chi connectivity index (χ0n) is 11.7. The summed E-state index contributed by atoms with van der Waals surface area (Å²) in [5.74, 6) is 0.0267. The molecule has 1 fully saturated rings. The summed E-state index contributed by atoms with van der Waals surface area (Å²) in [6.45, 7) is 3.64. The average Bonchev–Trinajstić information content (AvgIpc) is 2.85. The summed E-state index contributed by atoms with van der Waals surface area (Å²) < 4.78 is 1.69. The Morgan fingerprint density at radius 3 is 2.70 bits per heavy atom. The van der Waals surface area contributed by atoms with Crippen molar-refractivity contribution < 1.29 is 4.79 Å².